The van der Waals surface area contributed by atoms with E-state index >= 15 is 0 Å². The van der Waals surface area contributed by atoms with E-state index in [-0.39, 0.29) is 12.4 Å². The van der Waals surface area contributed by atoms with Gasteiger partial charge in [0.1, 0.15) is 5.92 Å². The summed E-state index contributed by atoms with van der Waals surface area (Å²) in [5.74, 6) is -0.455. The van der Waals surface area contributed by atoms with E-state index in [0.29, 0.717) is 29.2 Å². The van der Waals surface area contributed by atoms with Crippen LogP contribution < -0.4 is 14.2 Å². The number of carbonyl (C=O) groups excluding carboxylic acids is 2. The first-order valence-electron chi connectivity index (χ1n) is 8.54. The molecule has 1 aromatic carbocycles. The van der Waals surface area contributed by atoms with Crippen LogP contribution in [-0.2, 0) is 9.53 Å². The van der Waals surface area contributed by atoms with Crippen molar-refractivity contribution in [1.29, 1.82) is 0 Å². The van der Waals surface area contributed by atoms with Crippen molar-refractivity contribution >= 4 is 11.8 Å². The molecule has 0 amide bonds. The molecule has 0 saturated heterocycles. The van der Waals surface area contributed by atoms with Crippen molar-refractivity contribution in [2.24, 2.45) is 5.92 Å². The fourth-order valence-corrected chi connectivity index (χ4v) is 2.62. The summed E-state index contributed by atoms with van der Waals surface area (Å²) in [6.45, 7) is 4.04. The smallest absolute Gasteiger partial charge is 0.316 e. The number of carbonyl (C=O) groups is 2. The molecule has 140 valence electrons. The first-order chi connectivity index (χ1) is 12.0. The fourth-order valence-electron chi connectivity index (χ4n) is 2.62. The third-order valence-corrected chi connectivity index (χ3v) is 3.93. The van der Waals surface area contributed by atoms with E-state index in [0.717, 1.165) is 19.3 Å². The van der Waals surface area contributed by atoms with E-state index in [1.165, 1.54) is 21.3 Å². The third-order valence-electron chi connectivity index (χ3n) is 3.93. The van der Waals surface area contributed by atoms with Crippen molar-refractivity contribution in [3.8, 4) is 17.2 Å². The molecule has 6 heteroatoms. The summed E-state index contributed by atoms with van der Waals surface area (Å²) in [5, 5.41) is 0. The van der Waals surface area contributed by atoms with Gasteiger partial charge in [0.15, 0.2) is 17.3 Å². The van der Waals surface area contributed by atoms with Gasteiger partial charge in [-0.25, -0.2) is 0 Å². The summed E-state index contributed by atoms with van der Waals surface area (Å²) >= 11 is 0. The molecule has 0 spiro atoms. The maximum Gasteiger partial charge on any atom is 0.316 e. The van der Waals surface area contributed by atoms with E-state index in [9.17, 15) is 9.59 Å². The SMILES string of the molecule is CCCCCC(C(=O)OCC)C(=O)c1cc(OC)c(OC)c(OC)c1. The average molecular weight is 352 g/mol. The molecule has 1 rings (SSSR count). The number of Topliss-reactive ketones (excluding diaryl/α,β-unsaturated/α-hetero) is 1. The van der Waals surface area contributed by atoms with Gasteiger partial charge in [0.2, 0.25) is 5.75 Å². The van der Waals surface area contributed by atoms with E-state index in [1.807, 2.05) is 0 Å². The van der Waals surface area contributed by atoms with E-state index in [2.05, 4.69) is 6.92 Å². The summed E-state index contributed by atoms with van der Waals surface area (Å²) in [5.41, 5.74) is 0.337. The number of hydrogen-bond donors (Lipinski definition) is 0. The molecule has 0 bridgehead atoms. The number of hydrogen-bond acceptors (Lipinski definition) is 6. The van der Waals surface area contributed by atoms with E-state index in [1.54, 1.807) is 19.1 Å². The summed E-state index contributed by atoms with van der Waals surface area (Å²) < 4.78 is 20.9. The second-order valence-corrected chi connectivity index (χ2v) is 5.58. The molecule has 1 aromatic rings. The van der Waals surface area contributed by atoms with Gasteiger partial charge in [0.05, 0.1) is 27.9 Å². The van der Waals surface area contributed by atoms with Crippen LogP contribution in [0.15, 0.2) is 12.1 Å². The standard InChI is InChI=1S/C19H28O6/c1-6-8-9-10-14(19(21)25-7-2)17(20)13-11-15(22-3)18(24-5)16(12-13)23-4/h11-12,14H,6-10H2,1-5H3. The molecular weight excluding hydrogens is 324 g/mol. The molecule has 6 nitrogen and oxygen atoms in total. The number of ketones is 1. The summed E-state index contributed by atoms with van der Waals surface area (Å²) in [4.78, 5) is 25.2. The molecule has 25 heavy (non-hydrogen) atoms. The van der Waals surface area contributed by atoms with Crippen molar-refractivity contribution in [2.45, 2.75) is 39.5 Å². The average Bonchev–Trinajstić information content (AvgIpc) is 2.63. The number of esters is 1. The number of unbranched alkanes of at least 4 members (excludes halogenated alkanes) is 2. The molecule has 0 heterocycles. The Bertz CT molecular complexity index is 556. The molecule has 1 atom stereocenters. The lowest BCUT2D eigenvalue weighted by atomic mass is 9.92. The zero-order valence-corrected chi connectivity index (χ0v) is 15.7. The number of methoxy groups -OCH3 is 3. The predicted octanol–water partition coefficient (Wildman–Crippen LogP) is 3.65. The van der Waals surface area contributed by atoms with Gasteiger partial charge < -0.3 is 18.9 Å². The Kier molecular flexibility index (Phi) is 8.81. The van der Waals surface area contributed by atoms with Gasteiger partial charge >= 0.3 is 5.97 Å². The van der Waals surface area contributed by atoms with Crippen molar-refractivity contribution in [3.63, 3.8) is 0 Å². The largest absolute Gasteiger partial charge is 0.493 e. The Morgan fingerprint density at radius 3 is 2.00 bits per heavy atom. The monoisotopic (exact) mass is 352 g/mol. The first kappa shape index (κ1) is 20.8. The summed E-state index contributed by atoms with van der Waals surface area (Å²) in [6.07, 6.45) is 3.21. The minimum Gasteiger partial charge on any atom is -0.493 e. The Hall–Kier alpha value is -2.24. The van der Waals surface area contributed by atoms with Crippen molar-refractivity contribution in [3.05, 3.63) is 17.7 Å². The van der Waals surface area contributed by atoms with Gasteiger partial charge in [-0.15, -0.1) is 0 Å². The molecule has 0 N–H and O–H groups in total. The van der Waals surface area contributed by atoms with Crippen LogP contribution in [0.1, 0.15) is 49.9 Å². The van der Waals surface area contributed by atoms with Crippen molar-refractivity contribution in [2.75, 3.05) is 27.9 Å². The van der Waals surface area contributed by atoms with Gasteiger partial charge in [0, 0.05) is 5.56 Å². The fraction of sp³-hybridized carbons (Fsp3) is 0.579. The minimum atomic E-state index is -0.825. The van der Waals surface area contributed by atoms with Crippen LogP contribution >= 0.6 is 0 Å². The number of rotatable bonds is 11. The number of benzene rings is 1. The lowest BCUT2D eigenvalue weighted by Gasteiger charge is -2.17. The first-order valence-corrected chi connectivity index (χ1v) is 8.54. The second-order valence-electron chi connectivity index (χ2n) is 5.58. The third kappa shape index (κ3) is 5.37. The highest BCUT2D eigenvalue weighted by Gasteiger charge is 2.30. The quantitative estimate of drug-likeness (QED) is 0.262. The molecule has 0 fully saturated rings. The second kappa shape index (κ2) is 10.6. The molecule has 0 aliphatic rings. The van der Waals surface area contributed by atoms with Gasteiger partial charge in [-0.1, -0.05) is 26.2 Å². The normalized spacial score (nSPS) is 11.6. The number of ether oxygens (including phenoxy) is 4. The molecule has 0 radical (unpaired) electrons. The van der Waals surface area contributed by atoms with Crippen LogP contribution in [0.5, 0.6) is 17.2 Å². The molecule has 0 aromatic heterocycles. The summed E-state index contributed by atoms with van der Waals surface area (Å²) in [6, 6.07) is 3.13. The topological polar surface area (TPSA) is 71.1 Å². The van der Waals surface area contributed by atoms with Crippen molar-refractivity contribution in [1.82, 2.24) is 0 Å². The van der Waals surface area contributed by atoms with Gasteiger partial charge in [-0.2, -0.15) is 0 Å². The van der Waals surface area contributed by atoms with Gasteiger partial charge in [-0.05, 0) is 25.5 Å². The van der Waals surface area contributed by atoms with E-state index in [4.69, 9.17) is 18.9 Å². The highest BCUT2D eigenvalue weighted by molar-refractivity contribution is 6.09. The van der Waals surface area contributed by atoms with E-state index < -0.39 is 11.9 Å². The van der Waals surface area contributed by atoms with Crippen LogP contribution in [0.4, 0.5) is 0 Å². The van der Waals surface area contributed by atoms with Gasteiger partial charge in [0.25, 0.3) is 0 Å². The van der Waals surface area contributed by atoms with Crippen LogP contribution in [0.2, 0.25) is 0 Å². The Morgan fingerprint density at radius 2 is 1.56 bits per heavy atom. The molecule has 0 aliphatic heterocycles. The molecule has 0 aliphatic carbocycles. The molecule has 0 saturated carbocycles. The Morgan fingerprint density at radius 1 is 0.960 bits per heavy atom. The highest BCUT2D eigenvalue weighted by Crippen LogP contribution is 2.39. The highest BCUT2D eigenvalue weighted by atomic mass is 16.5. The van der Waals surface area contributed by atoms with Crippen LogP contribution in [0.3, 0.4) is 0 Å². The van der Waals surface area contributed by atoms with Crippen molar-refractivity contribution < 1.29 is 28.5 Å². The van der Waals surface area contributed by atoms with Gasteiger partial charge in [-0.3, -0.25) is 9.59 Å². The maximum atomic E-state index is 12.9. The molecule has 1 unspecified atom stereocenters. The van der Waals surface area contributed by atoms with Crippen LogP contribution in [0.25, 0.3) is 0 Å². The van der Waals surface area contributed by atoms with Crippen LogP contribution in [-0.4, -0.2) is 39.7 Å². The summed E-state index contributed by atoms with van der Waals surface area (Å²) in [7, 11) is 4.46. The maximum absolute atomic E-state index is 12.9. The predicted molar refractivity (Wildman–Crippen MR) is 94.7 cm³/mol. The lowest BCUT2D eigenvalue weighted by Crippen LogP contribution is -2.26. The molecular formula is C19H28O6. The zero-order chi connectivity index (χ0) is 18.8. The lowest BCUT2D eigenvalue weighted by molar-refractivity contribution is -0.146. The minimum absolute atomic E-state index is 0.242. The van der Waals surface area contributed by atoms with Crippen LogP contribution in [0, 0.1) is 5.92 Å². The Balaban J connectivity index is 3.19. The zero-order valence-electron chi connectivity index (χ0n) is 15.7. The Labute approximate surface area is 149 Å².